The maximum Gasteiger partial charge on any atom is 0.326 e. The molecular weight excluding hydrogens is 416 g/mol. The fourth-order valence-electron chi connectivity index (χ4n) is 4.11. The Morgan fingerprint density at radius 3 is 2.41 bits per heavy atom. The second-order valence-electron chi connectivity index (χ2n) is 7.90. The van der Waals surface area contributed by atoms with Crippen LogP contribution in [0.2, 0.25) is 0 Å². The van der Waals surface area contributed by atoms with Gasteiger partial charge in [-0.15, -0.1) is 0 Å². The number of esters is 1. The van der Waals surface area contributed by atoms with Crippen molar-refractivity contribution in [2.24, 2.45) is 5.92 Å². The number of likely N-dealkylation sites (tertiary alicyclic amines) is 1. The minimum absolute atomic E-state index is 0.197. The Bertz CT molecular complexity index is 754. The van der Waals surface area contributed by atoms with Crippen molar-refractivity contribution in [3.05, 3.63) is 35.9 Å². The van der Waals surface area contributed by atoms with Gasteiger partial charge in [0, 0.05) is 26.7 Å². The average Bonchev–Trinajstić information content (AvgIpc) is 3.23. The van der Waals surface area contributed by atoms with Crippen LogP contribution in [0.15, 0.2) is 30.3 Å². The molecule has 1 aromatic rings. The van der Waals surface area contributed by atoms with Crippen molar-refractivity contribution in [3.8, 4) is 0 Å². The van der Waals surface area contributed by atoms with Gasteiger partial charge in [-0.2, -0.15) is 0 Å². The zero-order valence-electron chi connectivity index (χ0n) is 19.2. The van der Waals surface area contributed by atoms with E-state index in [-0.39, 0.29) is 31.4 Å². The number of hydrogen-bond acceptors (Lipinski definition) is 7. The zero-order chi connectivity index (χ0) is 23.7. The summed E-state index contributed by atoms with van der Waals surface area (Å²) in [6.45, 7) is 3.79. The van der Waals surface area contributed by atoms with Crippen LogP contribution in [0.3, 0.4) is 0 Å². The van der Waals surface area contributed by atoms with Gasteiger partial charge in [-0.1, -0.05) is 30.3 Å². The smallest absolute Gasteiger partial charge is 0.326 e. The molecule has 0 saturated carbocycles. The standard InChI is InChI=1S/C23H34N2O7/c1-5-32-22(29)18(12-11-16-9-7-6-8-10-16)24-15(2)20(26)25-14-17(23(30-3)31-4)13-19(25)21(27)28/h6-10,15,17-19,23-24H,5,11-14H2,1-4H3,(H,27,28)/t15?,17?,18-,19-/m0/s1. The number of aliphatic carboxylic acids is 1. The summed E-state index contributed by atoms with van der Waals surface area (Å²) in [4.78, 5) is 38.8. The molecule has 4 atom stereocenters. The minimum atomic E-state index is -1.08. The van der Waals surface area contributed by atoms with E-state index < -0.39 is 36.4 Å². The number of carboxylic acids is 1. The number of methoxy groups -OCH3 is 2. The third kappa shape index (κ3) is 6.75. The third-order valence-electron chi connectivity index (χ3n) is 5.71. The molecular formula is C23H34N2O7. The number of carboxylic acid groups (broad SMARTS) is 1. The molecule has 9 heteroatoms. The van der Waals surface area contributed by atoms with E-state index in [9.17, 15) is 19.5 Å². The molecule has 1 aliphatic rings. The van der Waals surface area contributed by atoms with Crippen molar-refractivity contribution in [3.63, 3.8) is 0 Å². The number of hydrogen-bond donors (Lipinski definition) is 2. The van der Waals surface area contributed by atoms with Gasteiger partial charge in [0.25, 0.3) is 0 Å². The quantitative estimate of drug-likeness (QED) is 0.363. The summed E-state index contributed by atoms with van der Waals surface area (Å²) in [7, 11) is 2.96. The topological polar surface area (TPSA) is 114 Å². The van der Waals surface area contributed by atoms with Crippen LogP contribution in [0.25, 0.3) is 0 Å². The maximum atomic E-state index is 13.2. The van der Waals surface area contributed by atoms with Crippen LogP contribution >= 0.6 is 0 Å². The molecule has 1 aliphatic heterocycles. The fraction of sp³-hybridized carbons (Fsp3) is 0.609. The molecule has 1 saturated heterocycles. The van der Waals surface area contributed by atoms with E-state index in [0.29, 0.717) is 12.8 Å². The van der Waals surface area contributed by atoms with Crippen molar-refractivity contribution < 1.29 is 33.7 Å². The molecule has 178 valence electrons. The van der Waals surface area contributed by atoms with Crippen LogP contribution in [-0.2, 0) is 35.0 Å². The van der Waals surface area contributed by atoms with Crippen molar-refractivity contribution in [2.75, 3.05) is 27.4 Å². The monoisotopic (exact) mass is 450 g/mol. The van der Waals surface area contributed by atoms with E-state index in [1.807, 2.05) is 30.3 Å². The summed E-state index contributed by atoms with van der Waals surface area (Å²) in [5, 5.41) is 12.7. The molecule has 0 aromatic heterocycles. The molecule has 2 unspecified atom stereocenters. The highest BCUT2D eigenvalue weighted by Gasteiger charge is 2.44. The number of rotatable bonds is 12. The summed E-state index contributed by atoms with van der Waals surface area (Å²) >= 11 is 0. The summed E-state index contributed by atoms with van der Waals surface area (Å²) in [6.07, 6.45) is 0.706. The first kappa shape index (κ1) is 25.8. The highest BCUT2D eigenvalue weighted by Crippen LogP contribution is 2.28. The molecule has 1 aromatic carbocycles. The number of aryl methyl sites for hydroxylation is 1. The van der Waals surface area contributed by atoms with Crippen molar-refractivity contribution >= 4 is 17.8 Å². The van der Waals surface area contributed by atoms with Gasteiger partial charge in [0.1, 0.15) is 12.1 Å². The number of nitrogens with zero attached hydrogens (tertiary/aromatic N) is 1. The molecule has 32 heavy (non-hydrogen) atoms. The molecule has 0 aliphatic carbocycles. The van der Waals surface area contributed by atoms with Gasteiger partial charge < -0.3 is 24.2 Å². The molecule has 0 radical (unpaired) electrons. The fourth-order valence-corrected chi connectivity index (χ4v) is 4.11. The minimum Gasteiger partial charge on any atom is -0.480 e. The molecule has 2 rings (SSSR count). The lowest BCUT2D eigenvalue weighted by atomic mass is 10.0. The van der Waals surface area contributed by atoms with Gasteiger partial charge in [-0.05, 0) is 38.7 Å². The lowest BCUT2D eigenvalue weighted by Crippen LogP contribution is -2.53. The first-order valence-electron chi connectivity index (χ1n) is 10.9. The van der Waals surface area contributed by atoms with Crippen LogP contribution in [0.5, 0.6) is 0 Å². The van der Waals surface area contributed by atoms with Crippen molar-refractivity contribution in [1.82, 2.24) is 10.2 Å². The molecule has 0 spiro atoms. The second kappa shape index (κ2) is 12.5. The van der Waals surface area contributed by atoms with Gasteiger partial charge in [-0.25, -0.2) is 4.79 Å². The molecule has 9 nitrogen and oxygen atoms in total. The number of carbonyl (C=O) groups excluding carboxylic acids is 2. The van der Waals surface area contributed by atoms with Crippen LogP contribution in [0, 0.1) is 5.92 Å². The SMILES string of the molecule is CCOC(=O)[C@H](CCc1ccccc1)NC(C)C(=O)N1CC(C(OC)OC)C[C@H]1C(=O)O. The Kier molecular flexibility index (Phi) is 10.1. The molecule has 1 heterocycles. The highest BCUT2D eigenvalue weighted by molar-refractivity contribution is 5.88. The molecule has 1 fully saturated rings. The molecule has 2 N–H and O–H groups in total. The Balaban J connectivity index is 2.09. The van der Waals surface area contributed by atoms with Gasteiger partial charge in [0.2, 0.25) is 5.91 Å². The van der Waals surface area contributed by atoms with Crippen LogP contribution in [0.4, 0.5) is 0 Å². The first-order chi connectivity index (χ1) is 15.3. The van der Waals surface area contributed by atoms with Crippen molar-refractivity contribution in [1.29, 1.82) is 0 Å². The Labute approximate surface area is 189 Å². The summed E-state index contributed by atoms with van der Waals surface area (Å²) < 4.78 is 15.7. The van der Waals surface area contributed by atoms with E-state index >= 15 is 0 Å². The largest absolute Gasteiger partial charge is 0.480 e. The normalized spacial score (nSPS) is 20.2. The van der Waals surface area contributed by atoms with Gasteiger partial charge in [0.15, 0.2) is 6.29 Å². The third-order valence-corrected chi connectivity index (χ3v) is 5.71. The second-order valence-corrected chi connectivity index (χ2v) is 7.90. The maximum absolute atomic E-state index is 13.2. The van der Waals surface area contributed by atoms with E-state index in [1.54, 1.807) is 13.8 Å². The zero-order valence-corrected chi connectivity index (χ0v) is 19.2. The lowest BCUT2D eigenvalue weighted by molar-refractivity contribution is -0.150. The van der Waals surface area contributed by atoms with Gasteiger partial charge >= 0.3 is 11.9 Å². The number of benzene rings is 1. The Hall–Kier alpha value is -2.49. The summed E-state index contributed by atoms with van der Waals surface area (Å²) in [5.74, 6) is -2.16. The summed E-state index contributed by atoms with van der Waals surface area (Å²) in [5.41, 5.74) is 1.07. The van der Waals surface area contributed by atoms with Crippen LogP contribution in [0.1, 0.15) is 32.3 Å². The van der Waals surface area contributed by atoms with Gasteiger partial charge in [-0.3, -0.25) is 14.9 Å². The number of nitrogens with one attached hydrogen (secondary N) is 1. The van der Waals surface area contributed by atoms with E-state index in [1.165, 1.54) is 19.1 Å². The molecule has 0 bridgehead atoms. The predicted octanol–water partition coefficient (Wildman–Crippen LogP) is 1.45. The summed E-state index contributed by atoms with van der Waals surface area (Å²) in [6, 6.07) is 7.28. The van der Waals surface area contributed by atoms with Crippen LogP contribution < -0.4 is 5.32 Å². The number of ether oxygens (including phenoxy) is 3. The average molecular weight is 451 g/mol. The van der Waals surface area contributed by atoms with E-state index in [0.717, 1.165) is 5.56 Å². The van der Waals surface area contributed by atoms with Crippen molar-refractivity contribution in [2.45, 2.75) is 57.5 Å². The van der Waals surface area contributed by atoms with E-state index in [2.05, 4.69) is 5.32 Å². The molecule has 1 amide bonds. The first-order valence-corrected chi connectivity index (χ1v) is 10.9. The van der Waals surface area contributed by atoms with Gasteiger partial charge in [0.05, 0.1) is 12.6 Å². The lowest BCUT2D eigenvalue weighted by Gasteiger charge is -2.28. The van der Waals surface area contributed by atoms with E-state index in [4.69, 9.17) is 14.2 Å². The Morgan fingerprint density at radius 2 is 1.84 bits per heavy atom. The number of amides is 1. The van der Waals surface area contributed by atoms with Crippen LogP contribution in [-0.4, -0.2) is 79.6 Å². The predicted molar refractivity (Wildman–Crippen MR) is 117 cm³/mol. The Morgan fingerprint density at radius 1 is 1.19 bits per heavy atom. The number of carbonyl (C=O) groups is 3. The highest BCUT2D eigenvalue weighted by atomic mass is 16.7.